The van der Waals surface area contributed by atoms with Crippen molar-refractivity contribution in [3.63, 3.8) is 0 Å². The van der Waals surface area contributed by atoms with E-state index in [2.05, 4.69) is 15.5 Å². The summed E-state index contributed by atoms with van der Waals surface area (Å²) in [4.78, 5) is 18.2. The number of hydrogen-bond donors (Lipinski definition) is 1. The fourth-order valence-corrected chi connectivity index (χ4v) is 4.74. The van der Waals surface area contributed by atoms with Crippen LogP contribution in [0.1, 0.15) is 10.4 Å². The van der Waals surface area contributed by atoms with Crippen molar-refractivity contribution in [2.45, 2.75) is 14.1 Å². The van der Waals surface area contributed by atoms with E-state index in [0.717, 1.165) is 13.7 Å². The van der Waals surface area contributed by atoms with E-state index in [1.807, 2.05) is 12.1 Å². The van der Waals surface area contributed by atoms with E-state index in [0.29, 0.717) is 5.69 Å². The van der Waals surface area contributed by atoms with Crippen LogP contribution < -0.4 is 5.32 Å². The third kappa shape index (κ3) is 4.56. The Labute approximate surface area is 170 Å². The van der Waals surface area contributed by atoms with Gasteiger partial charge in [0, 0.05) is 17.5 Å². The fraction of sp³-hybridized carbons (Fsp3) is 0.118. The summed E-state index contributed by atoms with van der Waals surface area (Å²) in [5, 5.41) is 10.6. The molecule has 1 heterocycles. The Morgan fingerprint density at radius 2 is 2.00 bits per heavy atom. The molecule has 3 aromatic rings. The molecule has 0 aliphatic rings. The van der Waals surface area contributed by atoms with Crippen LogP contribution in [0.15, 0.2) is 68.2 Å². The number of hydroxylamine groups is 1. The molecule has 1 N–H and O–H groups in total. The molecule has 3 rings (SSSR count). The number of benzene rings is 2. The van der Waals surface area contributed by atoms with Gasteiger partial charge in [-0.15, -0.1) is 10.2 Å². The summed E-state index contributed by atoms with van der Waals surface area (Å²) in [5.41, 5.74) is 2.43. The lowest BCUT2D eigenvalue weighted by molar-refractivity contribution is -0.0258. The van der Waals surface area contributed by atoms with E-state index in [1.165, 1.54) is 55.5 Å². The number of amides is 1. The molecule has 0 radical (unpaired) electrons. The smallest absolute Gasteiger partial charge is 0.264 e. The molecule has 11 heteroatoms. The van der Waals surface area contributed by atoms with Gasteiger partial charge in [0.25, 0.3) is 15.9 Å². The van der Waals surface area contributed by atoms with E-state index in [4.69, 9.17) is 4.84 Å². The largest absolute Gasteiger partial charge is 0.321 e. The van der Waals surface area contributed by atoms with Gasteiger partial charge in [-0.2, -0.15) is 0 Å². The third-order valence-corrected chi connectivity index (χ3v) is 7.19. The van der Waals surface area contributed by atoms with Crippen LogP contribution in [0.4, 0.5) is 5.69 Å². The van der Waals surface area contributed by atoms with Crippen LogP contribution in [0.25, 0.3) is 0 Å². The molecule has 0 bridgehead atoms. The maximum Gasteiger partial charge on any atom is 0.264 e. The van der Waals surface area contributed by atoms with Gasteiger partial charge in [-0.3, -0.25) is 9.63 Å². The maximum atomic E-state index is 12.7. The number of carbonyl (C=O) groups is 1. The fourth-order valence-electron chi connectivity index (χ4n) is 2.20. The van der Waals surface area contributed by atoms with Gasteiger partial charge in [-0.05, 0) is 30.3 Å². The van der Waals surface area contributed by atoms with Crippen molar-refractivity contribution in [3.05, 3.63) is 59.6 Å². The molecule has 28 heavy (non-hydrogen) atoms. The highest BCUT2D eigenvalue weighted by atomic mass is 32.2. The summed E-state index contributed by atoms with van der Waals surface area (Å²) < 4.78 is 26.2. The number of carbonyl (C=O) groups excluding carboxylic acids is 1. The first-order chi connectivity index (χ1) is 13.4. The molecule has 0 saturated heterocycles. The van der Waals surface area contributed by atoms with E-state index in [-0.39, 0.29) is 10.5 Å². The summed E-state index contributed by atoms with van der Waals surface area (Å²) in [6.45, 7) is 0. The van der Waals surface area contributed by atoms with E-state index < -0.39 is 15.9 Å². The predicted octanol–water partition coefficient (Wildman–Crippen LogP) is 3.12. The van der Waals surface area contributed by atoms with Crippen molar-refractivity contribution in [2.75, 3.05) is 19.5 Å². The van der Waals surface area contributed by atoms with Gasteiger partial charge in [0.05, 0.1) is 17.7 Å². The second kappa shape index (κ2) is 8.80. The Kier molecular flexibility index (Phi) is 6.42. The zero-order chi connectivity index (χ0) is 20.1. The van der Waals surface area contributed by atoms with Crippen LogP contribution >= 0.6 is 23.1 Å². The molecule has 8 nitrogen and oxygen atoms in total. The quantitative estimate of drug-likeness (QED) is 0.568. The number of anilines is 1. The molecule has 146 valence electrons. The summed E-state index contributed by atoms with van der Waals surface area (Å²) >= 11 is 2.78. The topological polar surface area (TPSA) is 101 Å². The lowest BCUT2D eigenvalue weighted by atomic mass is 10.2. The highest BCUT2D eigenvalue weighted by Crippen LogP contribution is 2.34. The number of nitrogens with zero attached hydrogens (tertiary/aromatic N) is 3. The van der Waals surface area contributed by atoms with Gasteiger partial charge in [-0.25, -0.2) is 8.42 Å². The van der Waals surface area contributed by atoms with E-state index >= 15 is 0 Å². The molecule has 0 atom stereocenters. The van der Waals surface area contributed by atoms with Gasteiger partial charge < -0.3 is 5.32 Å². The van der Waals surface area contributed by atoms with Crippen molar-refractivity contribution in [1.29, 1.82) is 0 Å². The molecule has 0 spiro atoms. The number of hydrogen-bond acceptors (Lipinski definition) is 8. The minimum atomic E-state index is -3.85. The van der Waals surface area contributed by atoms with Crippen LogP contribution in [0, 0.1) is 0 Å². The first-order valence-corrected chi connectivity index (χ1v) is 11.0. The lowest BCUT2D eigenvalue weighted by Gasteiger charge is -2.15. The Morgan fingerprint density at radius 3 is 2.71 bits per heavy atom. The van der Waals surface area contributed by atoms with Gasteiger partial charge in [0.1, 0.15) is 5.51 Å². The average molecular weight is 437 g/mol. The molecule has 2 aromatic carbocycles. The molecule has 1 aromatic heterocycles. The molecular formula is C17H16N4O4S3. The predicted molar refractivity (Wildman–Crippen MR) is 107 cm³/mol. The van der Waals surface area contributed by atoms with Crippen molar-refractivity contribution in [3.8, 4) is 0 Å². The first kappa shape index (κ1) is 20.4. The van der Waals surface area contributed by atoms with Crippen molar-refractivity contribution < 1.29 is 18.0 Å². The van der Waals surface area contributed by atoms with Crippen molar-refractivity contribution in [1.82, 2.24) is 14.7 Å². The highest BCUT2D eigenvalue weighted by Gasteiger charge is 2.22. The molecular weight excluding hydrogens is 420 g/mol. The minimum Gasteiger partial charge on any atom is -0.321 e. The molecule has 0 aliphatic heterocycles. The van der Waals surface area contributed by atoms with Crippen molar-refractivity contribution >= 4 is 44.7 Å². The zero-order valence-electron chi connectivity index (χ0n) is 14.9. The summed E-state index contributed by atoms with van der Waals surface area (Å²) in [7, 11) is -1.32. The Balaban J connectivity index is 1.84. The second-order valence-corrected chi connectivity index (χ2v) is 9.44. The lowest BCUT2D eigenvalue weighted by Crippen LogP contribution is -2.26. The molecule has 0 aliphatic carbocycles. The van der Waals surface area contributed by atoms with Crippen LogP contribution in [0.5, 0.6) is 0 Å². The van der Waals surface area contributed by atoms with Gasteiger partial charge >= 0.3 is 0 Å². The first-order valence-electron chi connectivity index (χ1n) is 7.89. The minimum absolute atomic E-state index is 0.0407. The Bertz CT molecular complexity index is 1070. The summed E-state index contributed by atoms with van der Waals surface area (Å²) in [5.74, 6) is -0.428. The van der Waals surface area contributed by atoms with Crippen LogP contribution in [-0.4, -0.2) is 43.1 Å². The molecule has 0 unspecified atom stereocenters. The molecule has 0 fully saturated rings. The Hall–Kier alpha value is -2.31. The number of nitrogens with one attached hydrogen (secondary N) is 1. The average Bonchev–Trinajstić information content (AvgIpc) is 3.22. The second-order valence-electron chi connectivity index (χ2n) is 5.38. The van der Waals surface area contributed by atoms with E-state index in [1.54, 1.807) is 23.7 Å². The number of para-hydroxylation sites is 1. The van der Waals surface area contributed by atoms with Crippen LogP contribution in [0.3, 0.4) is 0 Å². The van der Waals surface area contributed by atoms with Crippen LogP contribution in [-0.2, 0) is 14.9 Å². The Morgan fingerprint density at radius 1 is 1.21 bits per heavy atom. The SMILES string of the molecule is CON(C)S(=O)(=O)c1cccc(C(=O)Nc2ccccc2Sc2nncs2)c1. The monoisotopic (exact) mass is 436 g/mol. The van der Waals surface area contributed by atoms with Crippen LogP contribution in [0.2, 0.25) is 0 Å². The van der Waals surface area contributed by atoms with Gasteiger partial charge in [0.15, 0.2) is 4.34 Å². The number of sulfonamides is 1. The molecule has 1 amide bonds. The van der Waals surface area contributed by atoms with Gasteiger partial charge in [-0.1, -0.05) is 45.8 Å². The highest BCUT2D eigenvalue weighted by molar-refractivity contribution is 8.01. The zero-order valence-corrected chi connectivity index (χ0v) is 17.3. The van der Waals surface area contributed by atoms with Crippen molar-refractivity contribution in [2.24, 2.45) is 0 Å². The molecule has 0 saturated carbocycles. The van der Waals surface area contributed by atoms with E-state index in [9.17, 15) is 13.2 Å². The van der Waals surface area contributed by atoms with Gasteiger partial charge in [0.2, 0.25) is 0 Å². The number of aromatic nitrogens is 2. The maximum absolute atomic E-state index is 12.7. The summed E-state index contributed by atoms with van der Waals surface area (Å²) in [6, 6.07) is 13.0. The number of rotatable bonds is 7. The third-order valence-electron chi connectivity index (χ3n) is 3.66. The standard InChI is InChI=1S/C17H16N4O4S3/c1-21(25-2)28(23,24)13-7-5-6-12(10-13)16(22)19-14-8-3-4-9-15(14)27-17-20-18-11-26-17/h3-11H,1-2H3,(H,19,22). The summed E-state index contributed by atoms with van der Waals surface area (Å²) in [6.07, 6.45) is 0. The normalized spacial score (nSPS) is 11.5.